The Kier molecular flexibility index (Phi) is 3.67. The number of nitrogens with zero attached hydrogens (tertiary/aromatic N) is 1. The third-order valence-corrected chi connectivity index (χ3v) is 3.93. The van der Waals surface area contributed by atoms with Crippen molar-refractivity contribution < 1.29 is 4.74 Å². The molecule has 3 heteroatoms. The highest BCUT2D eigenvalue weighted by molar-refractivity contribution is 5.29. The van der Waals surface area contributed by atoms with Gasteiger partial charge in [-0.15, -0.1) is 0 Å². The molecule has 1 aliphatic rings. The highest BCUT2D eigenvalue weighted by Crippen LogP contribution is 2.36. The average molecular weight is 234 g/mol. The van der Waals surface area contributed by atoms with E-state index >= 15 is 0 Å². The molecule has 17 heavy (non-hydrogen) atoms. The van der Waals surface area contributed by atoms with Gasteiger partial charge in [-0.3, -0.25) is 4.98 Å². The fraction of sp³-hybridized carbons (Fsp3) is 0.643. The molecule has 94 valence electrons. The molecule has 0 aromatic carbocycles. The van der Waals surface area contributed by atoms with Crippen LogP contribution in [0.2, 0.25) is 0 Å². The minimum Gasteiger partial charge on any atom is -0.495 e. The number of hydrogen-bond donors (Lipinski definition) is 1. The van der Waals surface area contributed by atoms with Crippen LogP contribution in [0.25, 0.3) is 0 Å². The Morgan fingerprint density at radius 2 is 2.18 bits per heavy atom. The standard InChI is InChI=1S/C14H22N2O/c1-11-4-3-6-14(15,7-5-11)12-8-13(17-2)10-16-9-12/h8-11H,3-7,15H2,1-2H3. The van der Waals surface area contributed by atoms with Crippen LogP contribution in [-0.4, -0.2) is 12.1 Å². The molecule has 0 bridgehead atoms. The van der Waals surface area contributed by atoms with E-state index in [4.69, 9.17) is 10.5 Å². The molecule has 1 aliphatic carbocycles. The molecule has 0 aliphatic heterocycles. The van der Waals surface area contributed by atoms with Crippen LogP contribution in [0, 0.1) is 5.92 Å². The summed E-state index contributed by atoms with van der Waals surface area (Å²) in [6.07, 6.45) is 9.40. The summed E-state index contributed by atoms with van der Waals surface area (Å²) in [5.74, 6) is 1.59. The Morgan fingerprint density at radius 1 is 1.35 bits per heavy atom. The van der Waals surface area contributed by atoms with Crippen molar-refractivity contribution in [2.75, 3.05) is 7.11 Å². The normalized spacial score (nSPS) is 29.7. The summed E-state index contributed by atoms with van der Waals surface area (Å²) in [6, 6.07) is 2.03. The van der Waals surface area contributed by atoms with Crippen LogP contribution in [0.1, 0.15) is 44.6 Å². The predicted molar refractivity (Wildman–Crippen MR) is 68.9 cm³/mol. The smallest absolute Gasteiger partial charge is 0.137 e. The maximum absolute atomic E-state index is 6.57. The third kappa shape index (κ3) is 2.78. The summed E-state index contributed by atoms with van der Waals surface area (Å²) in [5.41, 5.74) is 7.47. The number of nitrogens with two attached hydrogens (primary N) is 1. The number of pyridine rings is 1. The summed E-state index contributed by atoms with van der Waals surface area (Å²) in [4.78, 5) is 4.22. The van der Waals surface area contributed by atoms with Gasteiger partial charge in [-0.25, -0.2) is 0 Å². The molecule has 1 fully saturated rings. The molecule has 0 amide bonds. The number of hydrogen-bond acceptors (Lipinski definition) is 3. The van der Waals surface area contributed by atoms with E-state index in [-0.39, 0.29) is 5.54 Å². The minimum absolute atomic E-state index is 0.216. The Hall–Kier alpha value is -1.09. The van der Waals surface area contributed by atoms with Gasteiger partial charge in [-0.2, -0.15) is 0 Å². The predicted octanol–water partition coefficient (Wildman–Crippen LogP) is 2.84. The molecule has 1 aromatic rings. The lowest BCUT2D eigenvalue weighted by molar-refractivity contribution is 0.370. The van der Waals surface area contributed by atoms with Gasteiger partial charge < -0.3 is 10.5 Å². The maximum atomic E-state index is 6.57. The van der Waals surface area contributed by atoms with Gasteiger partial charge in [0.2, 0.25) is 0 Å². The SMILES string of the molecule is COc1cncc(C2(N)CCCC(C)CC2)c1. The largest absolute Gasteiger partial charge is 0.495 e. The van der Waals surface area contributed by atoms with E-state index < -0.39 is 0 Å². The van der Waals surface area contributed by atoms with Crippen molar-refractivity contribution in [1.82, 2.24) is 4.98 Å². The molecule has 1 heterocycles. The van der Waals surface area contributed by atoms with Crippen molar-refractivity contribution in [1.29, 1.82) is 0 Å². The van der Waals surface area contributed by atoms with Crippen LogP contribution in [-0.2, 0) is 5.54 Å². The maximum Gasteiger partial charge on any atom is 0.137 e. The topological polar surface area (TPSA) is 48.1 Å². The van der Waals surface area contributed by atoms with Gasteiger partial charge in [0.25, 0.3) is 0 Å². The zero-order chi connectivity index (χ0) is 12.3. The van der Waals surface area contributed by atoms with Crippen molar-refractivity contribution >= 4 is 0 Å². The van der Waals surface area contributed by atoms with E-state index in [2.05, 4.69) is 11.9 Å². The Morgan fingerprint density at radius 3 is 2.94 bits per heavy atom. The van der Waals surface area contributed by atoms with E-state index in [1.807, 2.05) is 12.3 Å². The third-order valence-electron chi connectivity index (χ3n) is 3.93. The number of methoxy groups -OCH3 is 1. The highest BCUT2D eigenvalue weighted by atomic mass is 16.5. The van der Waals surface area contributed by atoms with Gasteiger partial charge in [0.05, 0.1) is 13.3 Å². The van der Waals surface area contributed by atoms with Crippen LogP contribution < -0.4 is 10.5 Å². The Balaban J connectivity index is 2.23. The van der Waals surface area contributed by atoms with Crippen molar-refractivity contribution in [2.24, 2.45) is 11.7 Å². The fourth-order valence-electron chi connectivity index (χ4n) is 2.63. The van der Waals surface area contributed by atoms with Gasteiger partial charge in [0.15, 0.2) is 0 Å². The second-order valence-electron chi connectivity index (χ2n) is 5.31. The van der Waals surface area contributed by atoms with Crippen molar-refractivity contribution in [3.05, 3.63) is 24.0 Å². The summed E-state index contributed by atoms with van der Waals surface area (Å²) in [7, 11) is 1.67. The molecule has 0 saturated heterocycles. The van der Waals surface area contributed by atoms with Crippen LogP contribution in [0.5, 0.6) is 5.75 Å². The van der Waals surface area contributed by atoms with E-state index in [9.17, 15) is 0 Å². The molecule has 0 radical (unpaired) electrons. The molecule has 1 saturated carbocycles. The molecule has 2 rings (SSSR count). The molecule has 2 unspecified atom stereocenters. The van der Waals surface area contributed by atoms with Crippen LogP contribution in [0.3, 0.4) is 0 Å². The number of aromatic nitrogens is 1. The first-order chi connectivity index (χ1) is 8.14. The first-order valence-electron chi connectivity index (χ1n) is 6.42. The number of rotatable bonds is 2. The van der Waals surface area contributed by atoms with Gasteiger partial charge in [-0.1, -0.05) is 19.8 Å². The van der Waals surface area contributed by atoms with E-state index in [1.165, 1.54) is 19.3 Å². The molecule has 2 N–H and O–H groups in total. The Bertz CT molecular complexity index is 380. The average Bonchev–Trinajstić information content (AvgIpc) is 2.53. The van der Waals surface area contributed by atoms with Gasteiger partial charge in [0.1, 0.15) is 5.75 Å². The van der Waals surface area contributed by atoms with Crippen LogP contribution >= 0.6 is 0 Å². The van der Waals surface area contributed by atoms with Gasteiger partial charge in [0, 0.05) is 11.7 Å². The number of ether oxygens (including phenoxy) is 1. The molecule has 0 spiro atoms. The molecular formula is C14H22N2O. The molecule has 2 atom stereocenters. The zero-order valence-electron chi connectivity index (χ0n) is 10.8. The van der Waals surface area contributed by atoms with E-state index in [1.54, 1.807) is 13.3 Å². The second kappa shape index (κ2) is 5.05. The summed E-state index contributed by atoms with van der Waals surface area (Å²) in [5, 5.41) is 0. The fourth-order valence-corrected chi connectivity index (χ4v) is 2.63. The van der Waals surface area contributed by atoms with Crippen molar-refractivity contribution in [3.63, 3.8) is 0 Å². The zero-order valence-corrected chi connectivity index (χ0v) is 10.8. The quantitative estimate of drug-likeness (QED) is 0.800. The highest BCUT2D eigenvalue weighted by Gasteiger charge is 2.30. The van der Waals surface area contributed by atoms with Crippen LogP contribution in [0.4, 0.5) is 0 Å². The Labute approximate surface area is 103 Å². The van der Waals surface area contributed by atoms with Gasteiger partial charge in [-0.05, 0) is 36.8 Å². The van der Waals surface area contributed by atoms with Gasteiger partial charge >= 0.3 is 0 Å². The van der Waals surface area contributed by atoms with Crippen molar-refractivity contribution in [3.8, 4) is 5.75 Å². The molecular weight excluding hydrogens is 212 g/mol. The summed E-state index contributed by atoms with van der Waals surface area (Å²) >= 11 is 0. The molecule has 1 aromatic heterocycles. The van der Waals surface area contributed by atoms with E-state index in [0.717, 1.165) is 30.1 Å². The molecule has 3 nitrogen and oxygen atoms in total. The summed E-state index contributed by atoms with van der Waals surface area (Å²) < 4.78 is 5.22. The summed E-state index contributed by atoms with van der Waals surface area (Å²) in [6.45, 7) is 2.32. The van der Waals surface area contributed by atoms with Crippen LogP contribution in [0.15, 0.2) is 18.5 Å². The minimum atomic E-state index is -0.216. The second-order valence-corrected chi connectivity index (χ2v) is 5.31. The van der Waals surface area contributed by atoms with E-state index in [0.29, 0.717) is 0 Å². The lowest BCUT2D eigenvalue weighted by Crippen LogP contribution is -2.36. The van der Waals surface area contributed by atoms with Crippen molar-refractivity contribution in [2.45, 2.75) is 44.6 Å². The monoisotopic (exact) mass is 234 g/mol. The lowest BCUT2D eigenvalue weighted by atomic mass is 9.84. The first kappa shape index (κ1) is 12.4. The lowest BCUT2D eigenvalue weighted by Gasteiger charge is -2.28. The first-order valence-corrected chi connectivity index (χ1v) is 6.42.